The molecule has 1 N–H and O–H groups in total. The van der Waals surface area contributed by atoms with Crippen LogP contribution in [0.25, 0.3) is 43.6 Å². The monoisotopic (exact) mass is 421 g/mol. The smallest absolute Gasteiger partial charge is 0.252 e. The molecule has 0 aliphatic carbocycles. The number of para-hydroxylation sites is 2. The number of nitrogens with zero attached hydrogens (tertiary/aromatic N) is 2. The molecule has 6 heterocycles. The average molecular weight is 421 g/mol. The van der Waals surface area contributed by atoms with Crippen molar-refractivity contribution < 1.29 is 14.3 Å². The molecule has 156 valence electrons. The van der Waals surface area contributed by atoms with E-state index in [1.807, 2.05) is 0 Å². The zero-order chi connectivity index (χ0) is 21.0. The van der Waals surface area contributed by atoms with Crippen LogP contribution in [-0.4, -0.2) is 27.2 Å². The zero-order valence-corrected chi connectivity index (χ0v) is 17.4. The van der Waals surface area contributed by atoms with Crippen LogP contribution >= 0.6 is 0 Å². The van der Waals surface area contributed by atoms with Gasteiger partial charge in [0, 0.05) is 34.5 Å². The molecule has 2 saturated heterocycles. The van der Waals surface area contributed by atoms with Gasteiger partial charge in [-0.25, -0.2) is 0 Å². The third-order valence-electron chi connectivity index (χ3n) is 8.44. The normalized spacial score (nSPS) is 29.7. The van der Waals surface area contributed by atoms with Crippen molar-refractivity contribution in [2.24, 2.45) is 0 Å². The maximum absolute atomic E-state index is 13.2. The first kappa shape index (κ1) is 16.3. The number of fused-ring (bicyclic) bond motifs is 14. The number of benzene rings is 3. The lowest BCUT2D eigenvalue weighted by molar-refractivity contribution is -0.122. The van der Waals surface area contributed by atoms with E-state index < -0.39 is 5.72 Å². The Morgan fingerprint density at radius 3 is 2.50 bits per heavy atom. The molecule has 6 nitrogen and oxygen atoms in total. The van der Waals surface area contributed by atoms with Gasteiger partial charge in [0.25, 0.3) is 5.91 Å². The number of nitrogens with one attached hydrogen (secondary N) is 1. The van der Waals surface area contributed by atoms with Crippen LogP contribution < -0.4 is 5.32 Å². The van der Waals surface area contributed by atoms with Gasteiger partial charge in [-0.1, -0.05) is 36.4 Å². The van der Waals surface area contributed by atoms with Gasteiger partial charge in [0.1, 0.15) is 11.8 Å². The van der Waals surface area contributed by atoms with E-state index in [4.69, 9.17) is 9.47 Å². The van der Waals surface area contributed by atoms with Crippen LogP contribution in [0.15, 0.2) is 48.5 Å². The molecule has 4 aliphatic heterocycles. The third kappa shape index (κ3) is 1.46. The van der Waals surface area contributed by atoms with Gasteiger partial charge in [-0.05, 0) is 24.6 Å². The number of ether oxygens (including phenoxy) is 2. The molecule has 6 heteroatoms. The SMILES string of the molecule is C[C@]12O[C@H](C[C@]13CO3)n1c3ccccc3c3c4c(c5c6ccccc6n2c5c31)CNC4=O. The Morgan fingerprint density at radius 2 is 1.72 bits per heavy atom. The van der Waals surface area contributed by atoms with Crippen molar-refractivity contribution in [1.82, 2.24) is 14.5 Å². The number of carbonyl (C=O) groups is 1. The Labute approximate surface area is 182 Å². The summed E-state index contributed by atoms with van der Waals surface area (Å²) in [6.45, 7) is 3.44. The molecule has 5 aromatic rings. The van der Waals surface area contributed by atoms with E-state index in [9.17, 15) is 4.79 Å². The molecule has 1 spiro atoms. The lowest BCUT2D eigenvalue weighted by Crippen LogP contribution is -2.42. The molecule has 2 bridgehead atoms. The molecule has 3 aromatic carbocycles. The van der Waals surface area contributed by atoms with Crippen molar-refractivity contribution >= 4 is 49.5 Å². The minimum atomic E-state index is -0.615. The van der Waals surface area contributed by atoms with Gasteiger partial charge in [0.2, 0.25) is 0 Å². The molecule has 0 radical (unpaired) electrons. The van der Waals surface area contributed by atoms with Crippen LogP contribution in [0.5, 0.6) is 0 Å². The van der Waals surface area contributed by atoms with Gasteiger partial charge in [0.15, 0.2) is 5.72 Å². The topological polar surface area (TPSA) is 60.7 Å². The van der Waals surface area contributed by atoms with Crippen molar-refractivity contribution in [2.45, 2.75) is 37.4 Å². The van der Waals surface area contributed by atoms with E-state index in [-0.39, 0.29) is 17.7 Å². The average Bonchev–Trinajstić information content (AvgIpc) is 3.11. The Bertz CT molecular complexity index is 1740. The summed E-state index contributed by atoms with van der Waals surface area (Å²) in [5.74, 6) is 0.0187. The van der Waals surface area contributed by atoms with Crippen LogP contribution in [0.2, 0.25) is 0 Å². The largest absolute Gasteiger partial charge is 0.364 e. The van der Waals surface area contributed by atoms with Crippen LogP contribution in [0.3, 0.4) is 0 Å². The van der Waals surface area contributed by atoms with Crippen molar-refractivity contribution in [1.29, 1.82) is 0 Å². The van der Waals surface area contributed by atoms with Gasteiger partial charge < -0.3 is 23.9 Å². The van der Waals surface area contributed by atoms with Crippen molar-refractivity contribution in [2.75, 3.05) is 6.61 Å². The number of rotatable bonds is 0. The number of carbonyl (C=O) groups excluding carboxylic acids is 1. The number of hydrogen-bond donors (Lipinski definition) is 1. The second kappa shape index (κ2) is 4.70. The predicted molar refractivity (Wildman–Crippen MR) is 121 cm³/mol. The number of epoxide rings is 1. The Hall–Kier alpha value is -3.35. The summed E-state index contributed by atoms with van der Waals surface area (Å²) in [6, 6.07) is 16.9. The molecule has 9 rings (SSSR count). The van der Waals surface area contributed by atoms with Crippen LogP contribution in [0, 0.1) is 0 Å². The lowest BCUT2D eigenvalue weighted by Gasteiger charge is -2.31. The van der Waals surface area contributed by atoms with Crippen molar-refractivity contribution in [3.05, 3.63) is 59.7 Å². The molecular weight excluding hydrogens is 402 g/mol. The second-order valence-electron chi connectivity index (χ2n) is 9.77. The molecular formula is C26H19N3O3. The van der Waals surface area contributed by atoms with Crippen LogP contribution in [-0.2, 0) is 21.7 Å². The van der Waals surface area contributed by atoms with Crippen LogP contribution in [0.4, 0.5) is 0 Å². The Balaban J connectivity index is 1.69. The van der Waals surface area contributed by atoms with Crippen molar-refractivity contribution in [3.63, 3.8) is 0 Å². The van der Waals surface area contributed by atoms with E-state index in [2.05, 4.69) is 69.9 Å². The molecule has 3 atom stereocenters. The summed E-state index contributed by atoms with van der Waals surface area (Å²) >= 11 is 0. The van der Waals surface area contributed by atoms with Gasteiger partial charge >= 0.3 is 0 Å². The minimum Gasteiger partial charge on any atom is -0.364 e. The van der Waals surface area contributed by atoms with E-state index in [0.717, 1.165) is 50.4 Å². The molecule has 4 aliphatic rings. The molecule has 0 unspecified atom stereocenters. The maximum atomic E-state index is 13.2. The summed E-state index contributed by atoms with van der Waals surface area (Å²) in [7, 11) is 0. The number of amides is 1. The molecule has 2 aromatic heterocycles. The highest BCUT2D eigenvalue weighted by Gasteiger charge is 2.69. The number of hydrogen-bond acceptors (Lipinski definition) is 3. The van der Waals surface area contributed by atoms with Gasteiger partial charge in [-0.15, -0.1) is 0 Å². The highest BCUT2D eigenvalue weighted by atomic mass is 16.7. The van der Waals surface area contributed by atoms with Crippen LogP contribution in [0.1, 0.15) is 35.5 Å². The molecule has 0 saturated carbocycles. The first-order chi connectivity index (χ1) is 15.6. The van der Waals surface area contributed by atoms with E-state index in [0.29, 0.717) is 13.2 Å². The summed E-state index contributed by atoms with van der Waals surface area (Å²) in [5, 5.41) is 7.61. The van der Waals surface area contributed by atoms with Crippen molar-refractivity contribution in [3.8, 4) is 0 Å². The fourth-order valence-electron chi connectivity index (χ4n) is 6.98. The Kier molecular flexibility index (Phi) is 2.39. The minimum absolute atomic E-state index is 0.0187. The fraction of sp³-hybridized carbons (Fsp3) is 0.269. The highest BCUT2D eigenvalue weighted by molar-refractivity contribution is 6.31. The quantitative estimate of drug-likeness (QED) is 0.374. The predicted octanol–water partition coefficient (Wildman–Crippen LogP) is 4.52. The summed E-state index contributed by atoms with van der Waals surface area (Å²) in [4.78, 5) is 13.2. The Morgan fingerprint density at radius 1 is 1.00 bits per heavy atom. The van der Waals surface area contributed by atoms with E-state index in [1.54, 1.807) is 0 Å². The summed E-state index contributed by atoms with van der Waals surface area (Å²) in [5.41, 5.74) is 5.50. The summed E-state index contributed by atoms with van der Waals surface area (Å²) in [6.07, 6.45) is 0.655. The number of aromatic nitrogens is 2. The van der Waals surface area contributed by atoms with Gasteiger partial charge in [0.05, 0.1) is 34.2 Å². The van der Waals surface area contributed by atoms with E-state index >= 15 is 0 Å². The third-order valence-corrected chi connectivity index (χ3v) is 8.44. The second-order valence-corrected chi connectivity index (χ2v) is 9.77. The molecule has 2 fully saturated rings. The first-order valence-electron chi connectivity index (χ1n) is 11.2. The zero-order valence-electron chi connectivity index (χ0n) is 17.4. The maximum Gasteiger partial charge on any atom is 0.252 e. The molecule has 32 heavy (non-hydrogen) atoms. The summed E-state index contributed by atoms with van der Waals surface area (Å²) < 4.78 is 17.8. The molecule has 1 amide bonds. The van der Waals surface area contributed by atoms with E-state index in [1.165, 1.54) is 10.8 Å². The fourth-order valence-corrected chi connectivity index (χ4v) is 6.98. The highest BCUT2D eigenvalue weighted by Crippen LogP contribution is 2.62. The standard InChI is InChI=1S/C26H19N3O3/c1-25-26(12-31-26)10-18(32-25)28-16-8-4-2-6-13(16)20-21-15(11-27-24(21)30)19-14-7-3-5-9-17(14)29(25)23(19)22(20)28/h2-9,18H,10-12H2,1H3,(H,27,30)/t18-,25+,26+/m1/s1. The van der Waals surface area contributed by atoms with Gasteiger partial charge in [-0.2, -0.15) is 0 Å². The first-order valence-corrected chi connectivity index (χ1v) is 11.2. The lowest BCUT2D eigenvalue weighted by atomic mass is 9.94. The van der Waals surface area contributed by atoms with Gasteiger partial charge in [-0.3, -0.25) is 4.79 Å².